The third-order valence-electron chi connectivity index (χ3n) is 11.0. The molecule has 28 heteroatoms. The van der Waals surface area contributed by atoms with E-state index in [0.717, 1.165) is 0 Å². The number of ether oxygens (including phenoxy) is 10. The first-order valence-corrected chi connectivity index (χ1v) is 19.3. The highest BCUT2D eigenvalue weighted by Gasteiger charge is 2.57. The molecule has 0 aromatic carbocycles. The van der Waals surface area contributed by atoms with Gasteiger partial charge in [-0.3, -0.25) is 0 Å². The van der Waals surface area contributed by atoms with Crippen molar-refractivity contribution in [3.63, 3.8) is 0 Å². The molecule has 0 saturated carbocycles. The van der Waals surface area contributed by atoms with Crippen LogP contribution < -0.4 is 0 Å². The van der Waals surface area contributed by atoms with E-state index in [2.05, 4.69) is 0 Å². The lowest BCUT2D eigenvalue weighted by atomic mass is 9.95. The molecule has 0 aromatic heterocycles. The number of rotatable bonds is 17. The highest BCUT2D eigenvalue weighted by Crippen LogP contribution is 2.36. The van der Waals surface area contributed by atoms with Crippen molar-refractivity contribution in [3.05, 3.63) is 0 Å². The largest absolute Gasteiger partial charge is 0.394 e. The third kappa shape index (κ3) is 11.0. The molecule has 5 heterocycles. The van der Waals surface area contributed by atoms with Crippen LogP contribution in [-0.2, 0) is 47.4 Å². The molecule has 61 heavy (non-hydrogen) atoms. The van der Waals surface area contributed by atoms with Crippen molar-refractivity contribution in [2.75, 3.05) is 46.2 Å². The Bertz CT molecular complexity index is 1310. The lowest BCUT2D eigenvalue weighted by Crippen LogP contribution is -2.68. The Hall–Kier alpha value is -1.12. The first-order valence-electron chi connectivity index (χ1n) is 19.3. The van der Waals surface area contributed by atoms with Gasteiger partial charge in [0.25, 0.3) is 0 Å². The first kappa shape index (κ1) is 50.9. The number of hydrogen-bond acceptors (Lipinski definition) is 28. The molecule has 0 amide bonds. The van der Waals surface area contributed by atoms with Crippen LogP contribution in [0, 0.1) is 0 Å². The topological polar surface area (TPSA) is 456 Å². The van der Waals surface area contributed by atoms with E-state index in [9.17, 15) is 86.8 Å². The molecule has 28 nitrogen and oxygen atoms in total. The summed E-state index contributed by atoms with van der Waals surface area (Å²) in [6.07, 6.45) is -48.8. The fourth-order valence-corrected chi connectivity index (χ4v) is 7.39. The molecule has 1 unspecified atom stereocenters. The lowest BCUT2D eigenvalue weighted by Gasteiger charge is -2.49. The zero-order valence-corrected chi connectivity index (χ0v) is 32.1. The molecule has 5 fully saturated rings. The molecule has 0 radical (unpaired) electrons. The summed E-state index contributed by atoms with van der Waals surface area (Å²) in [5.74, 6) is 0. The highest BCUT2D eigenvalue weighted by molar-refractivity contribution is 4.99. The zero-order valence-electron chi connectivity index (χ0n) is 32.1. The summed E-state index contributed by atoms with van der Waals surface area (Å²) in [6.45, 7) is -5.98. The summed E-state index contributed by atoms with van der Waals surface area (Å²) in [5.41, 5.74) is 0. The molecule has 358 valence electrons. The number of aliphatic hydroxyl groups is 18. The van der Waals surface area contributed by atoms with E-state index >= 15 is 0 Å². The van der Waals surface area contributed by atoms with E-state index in [1.807, 2.05) is 0 Å². The van der Waals surface area contributed by atoms with Crippen LogP contribution in [0.25, 0.3) is 0 Å². The predicted octanol–water partition coefficient (Wildman–Crippen LogP) is -12.5. The molecule has 0 aliphatic carbocycles. The Morgan fingerprint density at radius 2 is 0.590 bits per heavy atom. The van der Waals surface area contributed by atoms with Crippen molar-refractivity contribution >= 4 is 0 Å². The van der Waals surface area contributed by atoms with Gasteiger partial charge in [0.15, 0.2) is 31.5 Å². The Labute approximate surface area is 345 Å². The van der Waals surface area contributed by atoms with Crippen LogP contribution >= 0.6 is 0 Å². The number of aliphatic hydroxyl groups excluding tert-OH is 18. The lowest BCUT2D eigenvalue weighted by molar-refractivity contribution is -0.395. The van der Waals surface area contributed by atoms with Gasteiger partial charge in [-0.1, -0.05) is 0 Å². The van der Waals surface area contributed by atoms with Crippen molar-refractivity contribution in [3.8, 4) is 0 Å². The minimum atomic E-state index is -2.20. The van der Waals surface area contributed by atoms with Crippen LogP contribution in [0.2, 0.25) is 0 Å². The van der Waals surface area contributed by atoms with Crippen molar-refractivity contribution in [2.45, 2.75) is 160 Å². The highest BCUT2D eigenvalue weighted by atomic mass is 16.8. The molecule has 26 atom stereocenters. The third-order valence-corrected chi connectivity index (χ3v) is 11.0. The summed E-state index contributed by atoms with van der Waals surface area (Å²) >= 11 is 0. The summed E-state index contributed by atoms with van der Waals surface area (Å²) in [5, 5.41) is 188. The molecular weight excluding hydrogens is 844 g/mol. The Morgan fingerprint density at radius 3 is 0.885 bits per heavy atom. The van der Waals surface area contributed by atoms with Gasteiger partial charge in [0.1, 0.15) is 128 Å². The second-order valence-electron chi connectivity index (χ2n) is 15.1. The molecule has 0 aromatic rings. The van der Waals surface area contributed by atoms with E-state index in [0.29, 0.717) is 0 Å². The number of hydrogen-bond donors (Lipinski definition) is 18. The second kappa shape index (κ2) is 22.4. The van der Waals surface area contributed by atoms with Gasteiger partial charge in [-0.05, 0) is 0 Å². The van der Waals surface area contributed by atoms with Crippen LogP contribution in [0.4, 0.5) is 0 Å². The van der Waals surface area contributed by atoms with E-state index in [1.165, 1.54) is 0 Å². The molecule has 0 bridgehead atoms. The van der Waals surface area contributed by atoms with Gasteiger partial charge in [0.05, 0.1) is 46.2 Å². The molecule has 5 aliphatic rings. The molecule has 5 saturated heterocycles. The molecule has 5 rings (SSSR count). The molecule has 5 aliphatic heterocycles. The average molecular weight is 903 g/mol. The van der Waals surface area contributed by atoms with E-state index in [-0.39, 0.29) is 0 Å². The minimum Gasteiger partial charge on any atom is -0.394 e. The normalized spacial score (nSPS) is 50.4. The van der Waals surface area contributed by atoms with Gasteiger partial charge < -0.3 is 139 Å². The molecule has 0 spiro atoms. The van der Waals surface area contributed by atoms with Crippen molar-refractivity contribution in [1.29, 1.82) is 0 Å². The standard InChI is InChI=1S/C33H58O28/c34-1-8(40)7-52-29-21(48)25(15(42)10(3-36)53-29)59-31-23(50)27(17(44)12(5-38)55-31)61-33-24(51)28(18(45)13(6-39)57-33)60-32-22(49)26(16(43)11(4-37)56-32)58-30-20(47)19(46)14(41)9(2-35)54-30/h8-51H,1-7H2/t8?,9-,10-,11-,12-,13-,14-,15-,16-,17-,18-,19+,20+,21-,22+,23+,24+,25+,26+,27+,28+,29+,30-,31-,32-,33-/m1/s1. The van der Waals surface area contributed by atoms with Gasteiger partial charge in [-0.2, -0.15) is 0 Å². The van der Waals surface area contributed by atoms with Gasteiger partial charge in [0, 0.05) is 0 Å². The van der Waals surface area contributed by atoms with Crippen LogP contribution in [0.1, 0.15) is 0 Å². The van der Waals surface area contributed by atoms with Gasteiger partial charge in [0.2, 0.25) is 0 Å². The van der Waals surface area contributed by atoms with Crippen molar-refractivity contribution in [2.24, 2.45) is 0 Å². The van der Waals surface area contributed by atoms with E-state index in [1.54, 1.807) is 0 Å². The molecular formula is C33H58O28. The molecule has 18 N–H and O–H groups in total. The van der Waals surface area contributed by atoms with Gasteiger partial charge in [-0.25, -0.2) is 0 Å². The Balaban J connectivity index is 1.33. The maximum atomic E-state index is 11.5. The average Bonchev–Trinajstić information content (AvgIpc) is 3.25. The van der Waals surface area contributed by atoms with Gasteiger partial charge in [-0.15, -0.1) is 0 Å². The maximum absolute atomic E-state index is 11.5. The Kier molecular flexibility index (Phi) is 18.7. The van der Waals surface area contributed by atoms with E-state index < -0.39 is 206 Å². The summed E-state index contributed by atoms with van der Waals surface area (Å²) in [4.78, 5) is 0. The summed E-state index contributed by atoms with van der Waals surface area (Å²) in [6, 6.07) is 0. The smallest absolute Gasteiger partial charge is 0.187 e. The van der Waals surface area contributed by atoms with Crippen LogP contribution in [0.15, 0.2) is 0 Å². The van der Waals surface area contributed by atoms with Crippen molar-refractivity contribution in [1.82, 2.24) is 0 Å². The van der Waals surface area contributed by atoms with Gasteiger partial charge >= 0.3 is 0 Å². The fraction of sp³-hybridized carbons (Fsp3) is 1.00. The van der Waals surface area contributed by atoms with Crippen LogP contribution in [0.3, 0.4) is 0 Å². The van der Waals surface area contributed by atoms with Crippen LogP contribution in [-0.4, -0.2) is 298 Å². The summed E-state index contributed by atoms with van der Waals surface area (Å²) in [7, 11) is 0. The monoisotopic (exact) mass is 902 g/mol. The SMILES string of the molecule is OCC(O)CO[C@H]1O[C@H](CO)[C@@H](O)[C@H](O[C@H]2O[C@H](CO)[C@@H](O)[C@H](O[C@H]3O[C@H](CO)[C@@H](O)[C@H](O[C@H]4O[C@H](CO)[C@@H](O)[C@H](O[C@H]5O[C@H](CO)[C@@H](O)[C@H](O)[C@@H]5O)[C@@H]4O)[C@@H]3O)[C@@H]2O)[C@H]1O. The summed E-state index contributed by atoms with van der Waals surface area (Å²) < 4.78 is 55.0. The van der Waals surface area contributed by atoms with Crippen molar-refractivity contribution < 1.29 is 139 Å². The first-order chi connectivity index (χ1) is 29.0. The van der Waals surface area contributed by atoms with E-state index in [4.69, 9.17) is 52.5 Å². The second-order valence-corrected chi connectivity index (χ2v) is 15.1. The predicted molar refractivity (Wildman–Crippen MR) is 183 cm³/mol. The quantitative estimate of drug-likeness (QED) is 0.0644. The zero-order chi connectivity index (χ0) is 45.0. The minimum absolute atomic E-state index is 0.583. The Morgan fingerprint density at radius 1 is 0.328 bits per heavy atom. The fourth-order valence-electron chi connectivity index (χ4n) is 7.39. The maximum Gasteiger partial charge on any atom is 0.187 e. The van der Waals surface area contributed by atoms with Crippen LogP contribution in [0.5, 0.6) is 0 Å².